The maximum Gasteiger partial charge on any atom is 0.573 e. The highest BCUT2D eigenvalue weighted by atomic mass is 19.4. The van der Waals surface area contributed by atoms with Gasteiger partial charge in [0.2, 0.25) is 0 Å². The number of alkyl halides is 5. The van der Waals surface area contributed by atoms with Crippen LogP contribution >= 0.6 is 0 Å². The largest absolute Gasteiger partial charge is 0.573 e. The van der Waals surface area contributed by atoms with Crippen LogP contribution in [-0.4, -0.2) is 6.36 Å². The molecule has 0 aliphatic heterocycles. The maximum atomic E-state index is 15.2. The molecule has 0 saturated carbocycles. The summed E-state index contributed by atoms with van der Waals surface area (Å²) in [5.41, 5.74) is -0.768. The van der Waals surface area contributed by atoms with E-state index in [0.29, 0.717) is 41.5 Å². The van der Waals surface area contributed by atoms with Crippen LogP contribution in [0.4, 0.5) is 43.9 Å². The van der Waals surface area contributed by atoms with E-state index in [2.05, 4.69) is 16.4 Å². The monoisotopic (exact) mass is 706 g/mol. The van der Waals surface area contributed by atoms with Crippen LogP contribution < -0.4 is 9.47 Å². The van der Waals surface area contributed by atoms with E-state index >= 15 is 22.0 Å². The summed E-state index contributed by atoms with van der Waals surface area (Å²) in [6.07, 6.45) is -4.47. The van der Waals surface area contributed by atoms with Crippen molar-refractivity contribution in [1.82, 2.24) is 0 Å². The van der Waals surface area contributed by atoms with Gasteiger partial charge in [-0.15, -0.1) is 13.2 Å². The molecule has 0 unspecified atom stereocenters. The standard InChI is InChI=1S/C38H28F10O2/c1-2-3-4-5-6-22-7-9-23(10-8-22)24-11-14-29(30(39)17-24)26-19-33(42)36(34(43)20-26)37(44,45)49-27-13-15-28(31(40)21-27)25-12-16-35(32(41)18-25)50-38(46,47)48/h7-21H,2-6H2,1H3. The van der Waals surface area contributed by atoms with Gasteiger partial charge in [0.15, 0.2) is 11.6 Å². The molecule has 0 spiro atoms. The molecule has 50 heavy (non-hydrogen) atoms. The summed E-state index contributed by atoms with van der Waals surface area (Å²) in [5.74, 6) is -9.19. The van der Waals surface area contributed by atoms with E-state index in [9.17, 15) is 22.0 Å². The Labute approximate surface area is 280 Å². The van der Waals surface area contributed by atoms with Crippen LogP contribution in [0, 0.1) is 29.1 Å². The third kappa shape index (κ3) is 8.58. The van der Waals surface area contributed by atoms with E-state index in [-0.39, 0.29) is 16.7 Å². The van der Waals surface area contributed by atoms with Crippen molar-refractivity contribution >= 4 is 0 Å². The van der Waals surface area contributed by atoms with Gasteiger partial charge in [-0.3, -0.25) is 0 Å². The molecule has 0 saturated heterocycles. The molecule has 2 nitrogen and oxygen atoms in total. The summed E-state index contributed by atoms with van der Waals surface area (Å²) in [5, 5.41) is 0. The molecule has 5 aromatic rings. The average Bonchev–Trinajstić information content (AvgIpc) is 3.03. The average molecular weight is 707 g/mol. The molecular weight excluding hydrogens is 678 g/mol. The van der Waals surface area contributed by atoms with Crippen molar-refractivity contribution in [3.05, 3.63) is 131 Å². The van der Waals surface area contributed by atoms with Crippen LogP contribution in [0.5, 0.6) is 11.5 Å². The summed E-state index contributed by atoms with van der Waals surface area (Å²) in [4.78, 5) is 0. The Morgan fingerprint density at radius 2 is 1.06 bits per heavy atom. The Morgan fingerprint density at radius 1 is 0.500 bits per heavy atom. The molecule has 5 rings (SSSR count). The van der Waals surface area contributed by atoms with E-state index in [1.807, 2.05) is 24.3 Å². The number of rotatable bonds is 12. The predicted molar refractivity (Wildman–Crippen MR) is 168 cm³/mol. The third-order valence-electron chi connectivity index (χ3n) is 7.87. The molecule has 0 radical (unpaired) electrons. The molecule has 5 aromatic carbocycles. The van der Waals surface area contributed by atoms with E-state index in [1.54, 1.807) is 0 Å². The fraction of sp³-hybridized carbons (Fsp3) is 0.211. The maximum absolute atomic E-state index is 15.2. The normalized spacial score (nSPS) is 11.9. The molecule has 262 valence electrons. The van der Waals surface area contributed by atoms with Crippen molar-refractivity contribution in [2.24, 2.45) is 0 Å². The van der Waals surface area contributed by atoms with Crippen LogP contribution in [0.25, 0.3) is 33.4 Å². The quantitative estimate of drug-likeness (QED) is 0.0950. The Hall–Kier alpha value is -5.00. The van der Waals surface area contributed by atoms with Crippen LogP contribution in [0.3, 0.4) is 0 Å². The van der Waals surface area contributed by atoms with Crippen LogP contribution in [-0.2, 0) is 12.5 Å². The van der Waals surface area contributed by atoms with Crippen LogP contribution in [0.2, 0.25) is 0 Å². The fourth-order valence-electron chi connectivity index (χ4n) is 5.42. The minimum atomic E-state index is -5.18. The van der Waals surface area contributed by atoms with Gasteiger partial charge in [0.25, 0.3) is 0 Å². The van der Waals surface area contributed by atoms with Crippen molar-refractivity contribution in [2.45, 2.75) is 51.5 Å². The molecular formula is C38H28F10O2. The Morgan fingerprint density at radius 3 is 1.66 bits per heavy atom. The number of unbranched alkanes of at least 4 members (excludes halogenated alkanes) is 3. The molecule has 0 amide bonds. The lowest BCUT2D eigenvalue weighted by Crippen LogP contribution is -2.25. The van der Waals surface area contributed by atoms with Gasteiger partial charge >= 0.3 is 12.5 Å². The van der Waals surface area contributed by atoms with E-state index < -0.39 is 64.2 Å². The minimum absolute atomic E-state index is 0.248. The first-order valence-corrected chi connectivity index (χ1v) is 15.5. The van der Waals surface area contributed by atoms with E-state index in [0.717, 1.165) is 55.9 Å². The topological polar surface area (TPSA) is 18.5 Å². The molecule has 0 heterocycles. The molecule has 0 aromatic heterocycles. The van der Waals surface area contributed by atoms with Gasteiger partial charge in [-0.25, -0.2) is 22.0 Å². The van der Waals surface area contributed by atoms with Crippen molar-refractivity contribution in [3.63, 3.8) is 0 Å². The second-order valence-electron chi connectivity index (χ2n) is 11.5. The highest BCUT2D eigenvalue weighted by Crippen LogP contribution is 2.39. The van der Waals surface area contributed by atoms with Crippen molar-refractivity contribution < 1.29 is 53.4 Å². The molecule has 0 N–H and O–H groups in total. The van der Waals surface area contributed by atoms with Crippen LogP contribution in [0.15, 0.2) is 91.0 Å². The van der Waals surface area contributed by atoms with E-state index in [4.69, 9.17) is 0 Å². The first-order valence-electron chi connectivity index (χ1n) is 15.5. The SMILES string of the molecule is CCCCCCc1ccc(-c2ccc(-c3cc(F)c(C(F)(F)Oc4ccc(-c5ccc(OC(F)(F)F)c(F)c5)c(F)c4)c(F)c3)c(F)c2)cc1. The second-order valence-corrected chi connectivity index (χ2v) is 11.5. The third-order valence-corrected chi connectivity index (χ3v) is 7.87. The second kappa shape index (κ2) is 14.9. The number of halogens is 10. The van der Waals surface area contributed by atoms with E-state index in [1.165, 1.54) is 18.2 Å². The summed E-state index contributed by atoms with van der Waals surface area (Å²) in [7, 11) is 0. The summed E-state index contributed by atoms with van der Waals surface area (Å²) in [6.45, 7) is 2.13. The Balaban J connectivity index is 1.32. The van der Waals surface area contributed by atoms with Gasteiger partial charge in [-0.05, 0) is 83.1 Å². The number of aryl methyl sites for hydroxylation is 1. The minimum Gasteiger partial charge on any atom is -0.429 e. The van der Waals surface area contributed by atoms with Crippen molar-refractivity contribution in [3.8, 4) is 44.9 Å². The lowest BCUT2D eigenvalue weighted by molar-refractivity contribution is -0.275. The first-order chi connectivity index (χ1) is 23.6. The number of hydrogen-bond donors (Lipinski definition) is 0. The lowest BCUT2D eigenvalue weighted by Gasteiger charge is -2.20. The zero-order valence-corrected chi connectivity index (χ0v) is 26.3. The molecule has 0 atom stereocenters. The molecule has 0 aliphatic carbocycles. The summed E-state index contributed by atoms with van der Waals surface area (Å²) >= 11 is 0. The number of hydrogen-bond acceptors (Lipinski definition) is 2. The fourth-order valence-corrected chi connectivity index (χ4v) is 5.42. The van der Waals surface area contributed by atoms with Gasteiger partial charge in [0, 0.05) is 17.2 Å². The van der Waals surface area contributed by atoms with Gasteiger partial charge < -0.3 is 9.47 Å². The molecule has 12 heteroatoms. The van der Waals surface area contributed by atoms with Crippen molar-refractivity contribution in [1.29, 1.82) is 0 Å². The number of ether oxygens (including phenoxy) is 2. The van der Waals surface area contributed by atoms with Crippen molar-refractivity contribution in [2.75, 3.05) is 0 Å². The zero-order chi connectivity index (χ0) is 36.2. The van der Waals surface area contributed by atoms with Crippen LogP contribution in [0.1, 0.15) is 43.7 Å². The Kier molecular flexibility index (Phi) is 10.8. The predicted octanol–water partition coefficient (Wildman–Crippen LogP) is 12.5. The van der Waals surface area contributed by atoms with Gasteiger partial charge in [0.1, 0.15) is 34.6 Å². The molecule has 0 aliphatic rings. The highest BCUT2D eigenvalue weighted by Gasteiger charge is 2.41. The first kappa shape index (κ1) is 36.3. The number of benzene rings is 5. The lowest BCUT2D eigenvalue weighted by atomic mass is 9.97. The smallest absolute Gasteiger partial charge is 0.429 e. The zero-order valence-electron chi connectivity index (χ0n) is 26.3. The van der Waals surface area contributed by atoms with Gasteiger partial charge in [0.05, 0.1) is 0 Å². The summed E-state index contributed by atoms with van der Waals surface area (Å²) < 4.78 is 150. The van der Waals surface area contributed by atoms with Gasteiger partial charge in [-0.2, -0.15) is 8.78 Å². The Bertz CT molecular complexity index is 1950. The molecule has 0 bridgehead atoms. The van der Waals surface area contributed by atoms with Gasteiger partial charge in [-0.1, -0.05) is 68.7 Å². The molecule has 0 fully saturated rings. The highest BCUT2D eigenvalue weighted by molar-refractivity contribution is 5.72. The summed E-state index contributed by atoms with van der Waals surface area (Å²) in [6, 6.07) is 16.7.